The molecule has 0 aliphatic heterocycles. The smallest absolute Gasteiger partial charge is 0.309 e. The summed E-state index contributed by atoms with van der Waals surface area (Å²) < 4.78 is 10.2. The zero-order chi connectivity index (χ0) is 15.9. The third-order valence-electron chi connectivity index (χ3n) is 3.37. The lowest BCUT2D eigenvalue weighted by Crippen LogP contribution is -2.09. The first-order valence-electron chi connectivity index (χ1n) is 7.11. The average molecular weight is 300 g/mol. The van der Waals surface area contributed by atoms with E-state index >= 15 is 0 Å². The molecule has 2 rings (SSSR count). The van der Waals surface area contributed by atoms with E-state index in [1.54, 1.807) is 12.1 Å². The van der Waals surface area contributed by atoms with Crippen molar-refractivity contribution in [2.24, 2.45) is 0 Å². The number of benzene rings is 2. The Hall–Kier alpha value is -2.33. The van der Waals surface area contributed by atoms with Crippen LogP contribution in [0.3, 0.4) is 0 Å². The van der Waals surface area contributed by atoms with Crippen LogP contribution in [-0.2, 0) is 16.0 Å². The second kappa shape index (κ2) is 7.61. The fourth-order valence-electron chi connectivity index (χ4n) is 2.00. The molecule has 4 nitrogen and oxygen atoms in total. The Balaban J connectivity index is 1.88. The number of hydrogen-bond acceptors (Lipinski definition) is 4. The Bertz CT molecular complexity index is 602. The van der Waals surface area contributed by atoms with Crippen LogP contribution in [0, 0.1) is 6.92 Å². The quantitative estimate of drug-likeness (QED) is 0.834. The molecular formula is C18H20O4. The van der Waals surface area contributed by atoms with Gasteiger partial charge in [-0.1, -0.05) is 42.0 Å². The molecular weight excluding hydrogens is 280 g/mol. The predicted molar refractivity (Wildman–Crippen MR) is 83.8 cm³/mol. The number of esters is 1. The van der Waals surface area contributed by atoms with Crippen LogP contribution in [-0.4, -0.2) is 24.8 Å². The molecule has 0 fully saturated rings. The SMILES string of the molecule is COC(=O)Cc1ccc(OCC(O)c2ccc(C)cc2)cc1. The van der Waals surface area contributed by atoms with Gasteiger partial charge in [-0.2, -0.15) is 0 Å². The number of carbonyl (C=O) groups is 1. The van der Waals surface area contributed by atoms with Crippen LogP contribution in [0.2, 0.25) is 0 Å². The summed E-state index contributed by atoms with van der Waals surface area (Å²) in [7, 11) is 1.37. The standard InChI is InChI=1S/C18H20O4/c1-13-3-7-15(8-4-13)17(19)12-22-16-9-5-14(6-10-16)11-18(20)21-2/h3-10,17,19H,11-12H2,1-2H3. The number of aliphatic hydroxyl groups is 1. The van der Waals surface area contributed by atoms with Gasteiger partial charge in [-0.25, -0.2) is 0 Å². The monoisotopic (exact) mass is 300 g/mol. The van der Waals surface area contributed by atoms with Gasteiger partial charge in [0.2, 0.25) is 0 Å². The number of ether oxygens (including phenoxy) is 2. The molecule has 22 heavy (non-hydrogen) atoms. The molecule has 2 aromatic rings. The minimum absolute atomic E-state index is 0.180. The lowest BCUT2D eigenvalue weighted by molar-refractivity contribution is -0.139. The summed E-state index contributed by atoms with van der Waals surface area (Å²) in [5, 5.41) is 10.1. The van der Waals surface area contributed by atoms with Crippen LogP contribution in [0.5, 0.6) is 5.75 Å². The molecule has 2 aromatic carbocycles. The van der Waals surface area contributed by atoms with E-state index in [4.69, 9.17) is 4.74 Å². The van der Waals surface area contributed by atoms with Crippen molar-refractivity contribution in [3.05, 3.63) is 65.2 Å². The van der Waals surface area contributed by atoms with E-state index in [0.717, 1.165) is 16.7 Å². The Morgan fingerprint density at radius 2 is 1.73 bits per heavy atom. The van der Waals surface area contributed by atoms with E-state index in [2.05, 4.69) is 4.74 Å². The van der Waals surface area contributed by atoms with E-state index in [0.29, 0.717) is 5.75 Å². The highest BCUT2D eigenvalue weighted by Crippen LogP contribution is 2.18. The summed E-state index contributed by atoms with van der Waals surface area (Å²) in [6.07, 6.45) is -0.432. The highest BCUT2D eigenvalue weighted by molar-refractivity contribution is 5.72. The topological polar surface area (TPSA) is 55.8 Å². The third-order valence-corrected chi connectivity index (χ3v) is 3.37. The van der Waals surface area contributed by atoms with E-state index < -0.39 is 6.10 Å². The summed E-state index contributed by atoms with van der Waals surface area (Å²) in [4.78, 5) is 11.2. The first kappa shape index (κ1) is 16.0. The molecule has 0 bridgehead atoms. The van der Waals surface area contributed by atoms with Crippen LogP contribution >= 0.6 is 0 Å². The fraction of sp³-hybridized carbons (Fsp3) is 0.278. The lowest BCUT2D eigenvalue weighted by atomic mass is 10.1. The second-order valence-corrected chi connectivity index (χ2v) is 5.13. The number of methoxy groups -OCH3 is 1. The molecule has 0 heterocycles. The summed E-state index contributed by atoms with van der Waals surface area (Å²) in [5.74, 6) is 0.378. The molecule has 0 aliphatic rings. The van der Waals surface area contributed by atoms with Gasteiger partial charge in [-0.05, 0) is 30.2 Å². The normalized spacial score (nSPS) is 11.8. The van der Waals surface area contributed by atoms with E-state index in [1.165, 1.54) is 7.11 Å². The largest absolute Gasteiger partial charge is 0.491 e. The zero-order valence-corrected chi connectivity index (χ0v) is 12.8. The molecule has 0 aliphatic carbocycles. The van der Waals surface area contributed by atoms with Crippen molar-refractivity contribution in [3.8, 4) is 5.75 Å². The van der Waals surface area contributed by atoms with Crippen molar-refractivity contribution >= 4 is 5.97 Å². The maximum absolute atomic E-state index is 11.2. The highest BCUT2D eigenvalue weighted by Gasteiger charge is 2.08. The molecule has 0 saturated carbocycles. The van der Waals surface area contributed by atoms with Gasteiger partial charge in [-0.15, -0.1) is 0 Å². The number of carbonyl (C=O) groups excluding carboxylic acids is 1. The van der Waals surface area contributed by atoms with Gasteiger partial charge >= 0.3 is 5.97 Å². The first-order chi connectivity index (χ1) is 10.6. The highest BCUT2D eigenvalue weighted by atomic mass is 16.5. The van der Waals surface area contributed by atoms with Crippen molar-refractivity contribution in [3.63, 3.8) is 0 Å². The number of aliphatic hydroxyl groups excluding tert-OH is 1. The van der Waals surface area contributed by atoms with Gasteiger partial charge in [0, 0.05) is 0 Å². The van der Waals surface area contributed by atoms with E-state index in [1.807, 2.05) is 43.3 Å². The van der Waals surface area contributed by atoms with Crippen molar-refractivity contribution in [1.82, 2.24) is 0 Å². The van der Waals surface area contributed by atoms with Gasteiger partial charge in [0.1, 0.15) is 18.5 Å². The molecule has 0 saturated heterocycles. The Morgan fingerprint density at radius 1 is 1.09 bits per heavy atom. The van der Waals surface area contributed by atoms with Gasteiger partial charge in [0.15, 0.2) is 0 Å². The molecule has 1 atom stereocenters. The van der Waals surface area contributed by atoms with Crippen LogP contribution in [0.15, 0.2) is 48.5 Å². The predicted octanol–water partition coefficient (Wildman–Crippen LogP) is 2.82. The molecule has 1 N–H and O–H groups in total. The molecule has 0 aromatic heterocycles. The van der Waals surface area contributed by atoms with Crippen molar-refractivity contribution in [2.45, 2.75) is 19.4 Å². The molecule has 0 spiro atoms. The summed E-state index contributed by atoms with van der Waals surface area (Å²) in [5.41, 5.74) is 2.84. The Kier molecular flexibility index (Phi) is 5.55. The average Bonchev–Trinajstić information content (AvgIpc) is 2.54. The maximum atomic E-state index is 11.2. The van der Waals surface area contributed by atoms with Gasteiger partial charge in [0.25, 0.3) is 0 Å². The summed E-state index contributed by atoms with van der Waals surface area (Å²) in [6, 6.07) is 14.9. The maximum Gasteiger partial charge on any atom is 0.309 e. The molecule has 0 amide bonds. The fourth-order valence-corrected chi connectivity index (χ4v) is 2.00. The second-order valence-electron chi connectivity index (χ2n) is 5.13. The molecule has 116 valence electrons. The zero-order valence-electron chi connectivity index (χ0n) is 12.8. The number of rotatable bonds is 6. The van der Waals surface area contributed by atoms with Crippen LogP contribution in [0.25, 0.3) is 0 Å². The van der Waals surface area contributed by atoms with Gasteiger partial charge < -0.3 is 14.6 Å². The van der Waals surface area contributed by atoms with Crippen molar-refractivity contribution in [2.75, 3.05) is 13.7 Å². The lowest BCUT2D eigenvalue weighted by Gasteiger charge is -2.13. The van der Waals surface area contributed by atoms with Crippen LogP contribution < -0.4 is 4.74 Å². The minimum atomic E-state index is -0.671. The number of hydrogen-bond donors (Lipinski definition) is 1. The van der Waals surface area contributed by atoms with Crippen LogP contribution in [0.1, 0.15) is 22.8 Å². The first-order valence-corrected chi connectivity index (χ1v) is 7.11. The third kappa shape index (κ3) is 4.60. The summed E-state index contributed by atoms with van der Waals surface area (Å²) >= 11 is 0. The minimum Gasteiger partial charge on any atom is -0.491 e. The van der Waals surface area contributed by atoms with E-state index in [9.17, 15) is 9.90 Å². The molecule has 0 radical (unpaired) electrons. The Labute approximate surface area is 130 Å². The van der Waals surface area contributed by atoms with Gasteiger partial charge in [0.05, 0.1) is 13.5 Å². The number of aryl methyl sites for hydroxylation is 1. The van der Waals surface area contributed by atoms with Crippen LogP contribution in [0.4, 0.5) is 0 Å². The Morgan fingerprint density at radius 3 is 2.32 bits per heavy atom. The van der Waals surface area contributed by atoms with E-state index in [-0.39, 0.29) is 19.0 Å². The molecule has 1 unspecified atom stereocenters. The van der Waals surface area contributed by atoms with Crippen molar-refractivity contribution in [1.29, 1.82) is 0 Å². The molecule has 4 heteroatoms. The summed E-state index contributed by atoms with van der Waals surface area (Å²) in [6.45, 7) is 2.18. The van der Waals surface area contributed by atoms with Gasteiger partial charge in [-0.3, -0.25) is 4.79 Å². The van der Waals surface area contributed by atoms with Crippen molar-refractivity contribution < 1.29 is 19.4 Å².